The zero-order valence-electron chi connectivity index (χ0n) is 9.20. The Balaban J connectivity index is 2.32. The lowest BCUT2D eigenvalue weighted by molar-refractivity contribution is -0.134. The first kappa shape index (κ1) is 11.5. The number of carbonyl (C=O) groups excluding carboxylic acids is 1. The Morgan fingerprint density at radius 1 is 1.64 bits per heavy atom. The van der Waals surface area contributed by atoms with Crippen molar-refractivity contribution in [3.63, 3.8) is 0 Å². The summed E-state index contributed by atoms with van der Waals surface area (Å²) in [5.41, 5.74) is 0. The quantitative estimate of drug-likeness (QED) is 0.743. The van der Waals surface area contributed by atoms with Crippen LogP contribution in [0.5, 0.6) is 0 Å². The Hall–Kier alpha value is -0.570. The normalized spacial score (nSPS) is 23.9. The van der Waals surface area contributed by atoms with Crippen LogP contribution < -0.4 is 0 Å². The van der Waals surface area contributed by atoms with Crippen LogP contribution in [0.2, 0.25) is 0 Å². The highest BCUT2D eigenvalue weighted by Gasteiger charge is 2.27. The monoisotopic (exact) mass is 199 g/mol. The Morgan fingerprint density at radius 2 is 2.36 bits per heavy atom. The molecule has 14 heavy (non-hydrogen) atoms. The molecule has 1 amide bonds. The summed E-state index contributed by atoms with van der Waals surface area (Å²) in [5.74, 6) is 0.343. The highest BCUT2D eigenvalue weighted by atomic mass is 16.3. The molecule has 1 aliphatic heterocycles. The summed E-state index contributed by atoms with van der Waals surface area (Å²) < 4.78 is 0. The van der Waals surface area contributed by atoms with Gasteiger partial charge in [0, 0.05) is 19.0 Å². The maximum atomic E-state index is 11.8. The number of carbonyl (C=O) groups is 1. The third kappa shape index (κ3) is 2.98. The molecule has 3 nitrogen and oxygen atoms in total. The van der Waals surface area contributed by atoms with Gasteiger partial charge in [0.2, 0.25) is 5.91 Å². The molecule has 0 aliphatic carbocycles. The molecule has 1 rings (SSSR count). The lowest BCUT2D eigenvalue weighted by atomic mass is 10.0. The molecular weight excluding hydrogens is 178 g/mol. The average Bonchev–Trinajstić information content (AvgIpc) is 2.60. The molecule has 1 aliphatic rings. The van der Waals surface area contributed by atoms with Crippen molar-refractivity contribution < 1.29 is 9.90 Å². The molecule has 1 saturated heterocycles. The van der Waals surface area contributed by atoms with Gasteiger partial charge >= 0.3 is 0 Å². The fourth-order valence-electron chi connectivity index (χ4n) is 1.89. The van der Waals surface area contributed by atoms with Crippen LogP contribution in [0.3, 0.4) is 0 Å². The van der Waals surface area contributed by atoms with Crippen LogP contribution in [0.15, 0.2) is 0 Å². The van der Waals surface area contributed by atoms with Crippen molar-refractivity contribution in [1.29, 1.82) is 0 Å². The molecule has 0 aromatic rings. The molecule has 1 N–H and O–H groups in total. The summed E-state index contributed by atoms with van der Waals surface area (Å²) in [7, 11) is 0. The van der Waals surface area contributed by atoms with Crippen molar-refractivity contribution in [3.05, 3.63) is 0 Å². The van der Waals surface area contributed by atoms with Crippen LogP contribution in [0.1, 0.15) is 39.5 Å². The van der Waals surface area contributed by atoms with Gasteiger partial charge in [-0.2, -0.15) is 0 Å². The first-order valence-corrected chi connectivity index (χ1v) is 5.62. The summed E-state index contributed by atoms with van der Waals surface area (Å²) in [6.07, 6.45) is 3.68. The van der Waals surface area contributed by atoms with Crippen molar-refractivity contribution in [2.45, 2.75) is 45.6 Å². The number of β-amino-alcohol motifs (C(OH)–C–C–N with tert-alkyl or cyclic N) is 1. The predicted octanol–water partition coefficient (Wildman–Crippen LogP) is 1.41. The van der Waals surface area contributed by atoms with E-state index in [9.17, 15) is 9.90 Å². The molecule has 1 heterocycles. The number of amides is 1. The van der Waals surface area contributed by atoms with E-state index < -0.39 is 0 Å². The minimum absolute atomic E-state index is 0.125. The van der Waals surface area contributed by atoms with Crippen LogP contribution in [0.4, 0.5) is 0 Å². The maximum absolute atomic E-state index is 11.8. The zero-order chi connectivity index (χ0) is 10.6. The number of unbranched alkanes of at least 4 members (excludes halogenated alkanes) is 1. The second kappa shape index (κ2) is 5.35. The molecule has 2 atom stereocenters. The number of aliphatic hydroxyl groups excluding tert-OH is 1. The predicted molar refractivity (Wildman–Crippen MR) is 55.9 cm³/mol. The molecule has 0 saturated carbocycles. The van der Waals surface area contributed by atoms with Gasteiger partial charge in [-0.3, -0.25) is 4.79 Å². The van der Waals surface area contributed by atoms with Crippen LogP contribution >= 0.6 is 0 Å². The van der Waals surface area contributed by atoms with E-state index in [1.54, 1.807) is 4.90 Å². The first-order chi connectivity index (χ1) is 6.65. The maximum Gasteiger partial charge on any atom is 0.225 e. The lowest BCUT2D eigenvalue weighted by Crippen LogP contribution is -2.33. The van der Waals surface area contributed by atoms with Gasteiger partial charge in [0.05, 0.1) is 6.10 Å². The summed E-state index contributed by atoms with van der Waals surface area (Å²) in [5, 5.41) is 9.31. The minimum Gasteiger partial charge on any atom is -0.391 e. The number of nitrogens with zero attached hydrogens (tertiary/aromatic N) is 1. The minimum atomic E-state index is -0.294. The average molecular weight is 199 g/mol. The van der Waals surface area contributed by atoms with Gasteiger partial charge in [0.25, 0.3) is 0 Å². The molecule has 0 aromatic carbocycles. The lowest BCUT2D eigenvalue weighted by Gasteiger charge is -2.20. The summed E-state index contributed by atoms with van der Waals surface area (Å²) in [6, 6.07) is 0. The zero-order valence-corrected chi connectivity index (χ0v) is 9.20. The van der Waals surface area contributed by atoms with Gasteiger partial charge in [0.15, 0.2) is 0 Å². The van der Waals surface area contributed by atoms with E-state index in [-0.39, 0.29) is 17.9 Å². The fraction of sp³-hybridized carbons (Fsp3) is 0.909. The number of rotatable bonds is 4. The van der Waals surface area contributed by atoms with Crippen molar-refractivity contribution in [1.82, 2.24) is 4.90 Å². The van der Waals surface area contributed by atoms with Gasteiger partial charge < -0.3 is 10.0 Å². The topological polar surface area (TPSA) is 40.5 Å². The van der Waals surface area contributed by atoms with Gasteiger partial charge in [-0.1, -0.05) is 26.7 Å². The third-order valence-corrected chi connectivity index (χ3v) is 2.89. The van der Waals surface area contributed by atoms with Crippen LogP contribution in [0, 0.1) is 5.92 Å². The van der Waals surface area contributed by atoms with E-state index >= 15 is 0 Å². The largest absolute Gasteiger partial charge is 0.391 e. The van der Waals surface area contributed by atoms with Crippen molar-refractivity contribution >= 4 is 5.91 Å². The summed E-state index contributed by atoms with van der Waals surface area (Å²) >= 11 is 0. The van der Waals surface area contributed by atoms with Crippen molar-refractivity contribution in [2.24, 2.45) is 5.92 Å². The second-order valence-corrected chi connectivity index (χ2v) is 4.27. The number of hydrogen-bond donors (Lipinski definition) is 1. The second-order valence-electron chi connectivity index (χ2n) is 4.27. The van der Waals surface area contributed by atoms with Gasteiger partial charge in [-0.25, -0.2) is 0 Å². The Morgan fingerprint density at radius 3 is 2.86 bits per heavy atom. The van der Waals surface area contributed by atoms with E-state index in [1.807, 2.05) is 6.92 Å². The van der Waals surface area contributed by atoms with E-state index in [4.69, 9.17) is 0 Å². The molecule has 0 bridgehead atoms. The third-order valence-electron chi connectivity index (χ3n) is 2.89. The summed E-state index contributed by atoms with van der Waals surface area (Å²) in [6.45, 7) is 5.39. The van der Waals surface area contributed by atoms with E-state index in [1.165, 1.54) is 0 Å². The van der Waals surface area contributed by atoms with E-state index in [2.05, 4.69) is 6.92 Å². The number of hydrogen-bond acceptors (Lipinski definition) is 2. The molecule has 0 spiro atoms. The molecule has 2 unspecified atom stereocenters. The molecule has 0 radical (unpaired) electrons. The Kier molecular flexibility index (Phi) is 4.39. The Bertz CT molecular complexity index is 194. The molecular formula is C11H21NO2. The number of likely N-dealkylation sites (tertiary alicyclic amines) is 1. The van der Waals surface area contributed by atoms with Gasteiger partial charge in [-0.05, 0) is 12.8 Å². The first-order valence-electron chi connectivity index (χ1n) is 5.62. The Labute approximate surface area is 86.1 Å². The van der Waals surface area contributed by atoms with Gasteiger partial charge in [-0.15, -0.1) is 0 Å². The number of aliphatic hydroxyl groups is 1. The summed E-state index contributed by atoms with van der Waals surface area (Å²) in [4.78, 5) is 13.6. The molecule has 0 aromatic heterocycles. The van der Waals surface area contributed by atoms with Crippen LogP contribution in [-0.4, -0.2) is 35.1 Å². The van der Waals surface area contributed by atoms with Crippen LogP contribution in [0.25, 0.3) is 0 Å². The van der Waals surface area contributed by atoms with Crippen LogP contribution in [-0.2, 0) is 4.79 Å². The highest BCUT2D eigenvalue weighted by Crippen LogP contribution is 2.16. The van der Waals surface area contributed by atoms with Crippen molar-refractivity contribution in [2.75, 3.05) is 13.1 Å². The van der Waals surface area contributed by atoms with E-state index in [0.717, 1.165) is 32.2 Å². The molecule has 82 valence electrons. The molecule has 3 heteroatoms. The van der Waals surface area contributed by atoms with Gasteiger partial charge in [0.1, 0.15) is 0 Å². The highest BCUT2D eigenvalue weighted by molar-refractivity contribution is 5.78. The van der Waals surface area contributed by atoms with Crippen molar-refractivity contribution in [3.8, 4) is 0 Å². The van der Waals surface area contributed by atoms with E-state index in [0.29, 0.717) is 6.54 Å². The molecule has 1 fully saturated rings. The SMILES string of the molecule is CCCCC(C)C(=O)N1CCC(O)C1. The fourth-order valence-corrected chi connectivity index (χ4v) is 1.89. The standard InChI is InChI=1S/C11H21NO2/c1-3-4-5-9(2)11(14)12-7-6-10(13)8-12/h9-10,13H,3-8H2,1-2H3. The smallest absolute Gasteiger partial charge is 0.225 e.